The SMILES string of the molecule is CCCC1CCC(c2ccc(-c3ccc(F)c(F)c3)cc2)CC1.CCCC1CCC(c2ccc(-c3ccc(F)c(F)c3)cc2)CC1. The predicted octanol–water partition coefficient (Wildman–Crippen LogP) is 13.4. The summed E-state index contributed by atoms with van der Waals surface area (Å²) in [5, 5.41) is 0. The Kier molecular flexibility index (Phi) is 12.1. The number of hydrogen-bond acceptors (Lipinski definition) is 0. The van der Waals surface area contributed by atoms with Crippen LogP contribution < -0.4 is 0 Å². The fourth-order valence-electron chi connectivity index (χ4n) is 7.63. The van der Waals surface area contributed by atoms with Crippen LogP contribution >= 0.6 is 0 Å². The van der Waals surface area contributed by atoms with Crippen LogP contribution in [0.15, 0.2) is 84.9 Å². The highest BCUT2D eigenvalue weighted by molar-refractivity contribution is 5.64. The summed E-state index contributed by atoms with van der Waals surface area (Å²) >= 11 is 0. The van der Waals surface area contributed by atoms with Crippen molar-refractivity contribution in [3.63, 3.8) is 0 Å². The van der Waals surface area contributed by atoms with Gasteiger partial charge in [0.15, 0.2) is 23.3 Å². The third kappa shape index (κ3) is 8.90. The minimum Gasteiger partial charge on any atom is -0.204 e. The van der Waals surface area contributed by atoms with Crippen LogP contribution in [-0.2, 0) is 0 Å². The van der Waals surface area contributed by atoms with Gasteiger partial charge in [-0.2, -0.15) is 0 Å². The Morgan fingerprint density at radius 1 is 0.413 bits per heavy atom. The molecule has 2 fully saturated rings. The van der Waals surface area contributed by atoms with Crippen LogP contribution in [-0.4, -0.2) is 0 Å². The van der Waals surface area contributed by atoms with E-state index in [1.165, 1.54) is 112 Å². The summed E-state index contributed by atoms with van der Waals surface area (Å²) in [6.07, 6.45) is 15.7. The highest BCUT2D eigenvalue weighted by Crippen LogP contribution is 2.39. The molecule has 4 heteroatoms. The van der Waals surface area contributed by atoms with Crippen molar-refractivity contribution in [1.29, 1.82) is 0 Å². The van der Waals surface area contributed by atoms with Gasteiger partial charge in [-0.3, -0.25) is 0 Å². The lowest BCUT2D eigenvalue weighted by Crippen LogP contribution is -2.13. The second-order valence-corrected chi connectivity index (χ2v) is 13.5. The van der Waals surface area contributed by atoms with Gasteiger partial charge < -0.3 is 0 Å². The quantitative estimate of drug-likeness (QED) is 0.170. The number of hydrogen-bond donors (Lipinski definition) is 0. The molecule has 2 aliphatic carbocycles. The van der Waals surface area contributed by atoms with Gasteiger partial charge in [0.2, 0.25) is 0 Å². The minimum absolute atomic E-state index is 0.655. The summed E-state index contributed by atoms with van der Waals surface area (Å²) in [5.74, 6) is -0.0373. The molecule has 0 nitrogen and oxygen atoms in total. The molecule has 2 saturated carbocycles. The van der Waals surface area contributed by atoms with E-state index in [1.54, 1.807) is 12.1 Å². The zero-order valence-electron chi connectivity index (χ0n) is 27.4. The van der Waals surface area contributed by atoms with Crippen molar-refractivity contribution < 1.29 is 17.6 Å². The molecule has 4 aromatic carbocycles. The van der Waals surface area contributed by atoms with Crippen molar-refractivity contribution in [2.75, 3.05) is 0 Å². The molecule has 0 saturated heterocycles. The van der Waals surface area contributed by atoms with Crippen molar-refractivity contribution in [1.82, 2.24) is 0 Å². The molecule has 4 aromatic rings. The monoisotopic (exact) mass is 628 g/mol. The molecule has 0 radical (unpaired) electrons. The summed E-state index contributed by atoms with van der Waals surface area (Å²) in [7, 11) is 0. The van der Waals surface area contributed by atoms with Crippen molar-refractivity contribution in [3.8, 4) is 22.3 Å². The molecule has 0 spiro atoms. The molecule has 46 heavy (non-hydrogen) atoms. The Labute approximate surface area is 273 Å². The van der Waals surface area contributed by atoms with E-state index in [1.807, 2.05) is 24.3 Å². The zero-order valence-corrected chi connectivity index (χ0v) is 27.4. The first-order valence-electron chi connectivity index (χ1n) is 17.4. The smallest absolute Gasteiger partial charge is 0.159 e. The number of rotatable bonds is 8. The van der Waals surface area contributed by atoms with E-state index in [9.17, 15) is 17.6 Å². The van der Waals surface area contributed by atoms with Crippen LogP contribution in [0.1, 0.15) is 114 Å². The van der Waals surface area contributed by atoms with Crippen molar-refractivity contribution in [2.45, 2.75) is 103 Å². The van der Waals surface area contributed by atoms with Gasteiger partial charge in [0, 0.05) is 0 Å². The molecular weight excluding hydrogens is 580 g/mol. The lowest BCUT2D eigenvalue weighted by atomic mass is 9.77. The zero-order chi connectivity index (χ0) is 32.5. The van der Waals surface area contributed by atoms with Crippen LogP contribution in [0.5, 0.6) is 0 Å². The molecule has 0 heterocycles. The van der Waals surface area contributed by atoms with E-state index in [2.05, 4.69) is 38.1 Å². The second kappa shape index (κ2) is 16.4. The first-order chi connectivity index (χ1) is 22.3. The van der Waals surface area contributed by atoms with Gasteiger partial charge in [-0.05, 0) is 133 Å². The van der Waals surface area contributed by atoms with Gasteiger partial charge in [-0.1, -0.05) is 100 Å². The van der Waals surface area contributed by atoms with Gasteiger partial charge in [0.05, 0.1) is 0 Å². The lowest BCUT2D eigenvalue weighted by molar-refractivity contribution is 0.308. The molecule has 6 rings (SSSR count). The molecule has 0 atom stereocenters. The number of halogens is 4. The molecule has 244 valence electrons. The third-order valence-electron chi connectivity index (χ3n) is 10.4. The highest BCUT2D eigenvalue weighted by Gasteiger charge is 2.23. The van der Waals surface area contributed by atoms with E-state index in [-0.39, 0.29) is 0 Å². The fourth-order valence-corrected chi connectivity index (χ4v) is 7.63. The Bertz CT molecular complexity index is 1390. The first-order valence-corrected chi connectivity index (χ1v) is 17.4. The van der Waals surface area contributed by atoms with E-state index in [4.69, 9.17) is 0 Å². The average Bonchev–Trinajstić information content (AvgIpc) is 3.09. The third-order valence-corrected chi connectivity index (χ3v) is 10.4. The van der Waals surface area contributed by atoms with Crippen molar-refractivity contribution >= 4 is 0 Å². The van der Waals surface area contributed by atoms with E-state index in [0.29, 0.717) is 11.8 Å². The molecule has 0 bridgehead atoms. The Hall–Kier alpha value is -3.40. The molecular formula is C42H48F4. The van der Waals surface area contributed by atoms with E-state index in [0.717, 1.165) is 34.1 Å². The summed E-state index contributed by atoms with van der Waals surface area (Å²) in [6, 6.07) is 24.9. The maximum atomic E-state index is 13.4. The van der Waals surface area contributed by atoms with Crippen LogP contribution in [0.3, 0.4) is 0 Å². The fraction of sp³-hybridized carbons (Fsp3) is 0.429. The maximum absolute atomic E-state index is 13.4. The summed E-state index contributed by atoms with van der Waals surface area (Å²) in [4.78, 5) is 0. The standard InChI is InChI=1S/2C21H24F2/c2*1-2-3-15-4-6-16(7-5-15)17-8-10-18(11-9-17)19-12-13-20(22)21(23)14-19/h2*8-16H,2-7H2,1H3. The molecule has 0 unspecified atom stereocenters. The largest absolute Gasteiger partial charge is 0.204 e. The highest BCUT2D eigenvalue weighted by atomic mass is 19.2. The molecule has 2 aliphatic rings. The van der Waals surface area contributed by atoms with E-state index < -0.39 is 23.3 Å². The van der Waals surface area contributed by atoms with Gasteiger partial charge in [0.25, 0.3) is 0 Å². The van der Waals surface area contributed by atoms with Crippen LogP contribution in [0.2, 0.25) is 0 Å². The van der Waals surface area contributed by atoms with Gasteiger partial charge in [0.1, 0.15) is 0 Å². The van der Waals surface area contributed by atoms with Gasteiger partial charge in [-0.25, -0.2) is 17.6 Å². The molecule has 0 aromatic heterocycles. The summed E-state index contributed by atoms with van der Waals surface area (Å²) in [6.45, 7) is 4.53. The lowest BCUT2D eigenvalue weighted by Gasteiger charge is -2.28. The molecule has 0 N–H and O–H groups in total. The average molecular weight is 629 g/mol. The van der Waals surface area contributed by atoms with Gasteiger partial charge >= 0.3 is 0 Å². The normalized spacial score (nSPS) is 21.3. The summed E-state index contributed by atoms with van der Waals surface area (Å²) < 4.78 is 52.8. The number of benzene rings is 4. The predicted molar refractivity (Wildman–Crippen MR) is 183 cm³/mol. The second-order valence-electron chi connectivity index (χ2n) is 13.5. The van der Waals surface area contributed by atoms with Crippen LogP contribution in [0.4, 0.5) is 17.6 Å². The molecule has 0 aliphatic heterocycles. The molecule has 0 amide bonds. The van der Waals surface area contributed by atoms with Crippen molar-refractivity contribution in [3.05, 3.63) is 119 Å². The Balaban J connectivity index is 0.000000181. The van der Waals surface area contributed by atoms with Crippen molar-refractivity contribution in [2.24, 2.45) is 11.8 Å². The van der Waals surface area contributed by atoms with Crippen LogP contribution in [0, 0.1) is 35.1 Å². The summed E-state index contributed by atoms with van der Waals surface area (Å²) in [5.41, 5.74) is 6.08. The van der Waals surface area contributed by atoms with Crippen LogP contribution in [0.25, 0.3) is 22.3 Å². The Morgan fingerprint density at radius 2 is 0.739 bits per heavy atom. The first kappa shape index (κ1) is 33.9. The van der Waals surface area contributed by atoms with E-state index >= 15 is 0 Å². The topological polar surface area (TPSA) is 0 Å². The maximum Gasteiger partial charge on any atom is 0.159 e. The van der Waals surface area contributed by atoms with Gasteiger partial charge in [-0.15, -0.1) is 0 Å². The Morgan fingerprint density at radius 3 is 1.04 bits per heavy atom. The minimum atomic E-state index is -0.797.